The molecule has 1 aromatic heterocycles. The molecule has 9 heteroatoms. The van der Waals surface area contributed by atoms with E-state index in [1.165, 1.54) is 17.3 Å². The molecule has 1 N–H and O–H groups in total. The van der Waals surface area contributed by atoms with Gasteiger partial charge in [0.05, 0.1) is 17.3 Å². The summed E-state index contributed by atoms with van der Waals surface area (Å²) in [5, 5.41) is 11.1. The molecular weight excluding hydrogens is 398 g/mol. The fraction of sp³-hybridized carbons (Fsp3) is 0.526. The van der Waals surface area contributed by atoms with Crippen LogP contribution in [0.3, 0.4) is 0 Å². The van der Waals surface area contributed by atoms with Gasteiger partial charge in [-0.1, -0.05) is 37.2 Å². The van der Waals surface area contributed by atoms with E-state index in [1.54, 1.807) is 0 Å². The van der Waals surface area contributed by atoms with Crippen molar-refractivity contribution < 1.29 is 17.6 Å². The Morgan fingerprint density at radius 1 is 1.29 bits per heavy atom. The topological polar surface area (TPSA) is 102 Å². The van der Waals surface area contributed by atoms with E-state index in [0.717, 1.165) is 24.9 Å². The molecule has 2 aromatic rings. The molecule has 1 aliphatic rings. The molecule has 28 heavy (non-hydrogen) atoms. The Hall–Kier alpha value is -1.87. The summed E-state index contributed by atoms with van der Waals surface area (Å²) in [5.41, 5.74) is 2.03. The van der Waals surface area contributed by atoms with Gasteiger partial charge in [-0.05, 0) is 42.9 Å². The first-order valence-electron chi connectivity index (χ1n) is 9.48. The van der Waals surface area contributed by atoms with Crippen LogP contribution < -0.4 is 5.32 Å². The zero-order valence-electron chi connectivity index (χ0n) is 15.9. The lowest BCUT2D eigenvalue weighted by atomic mass is 10.1. The number of hydrogen-bond acceptors (Lipinski definition) is 7. The van der Waals surface area contributed by atoms with Crippen LogP contribution in [0, 0.1) is 5.92 Å². The number of carbonyl (C=O) groups excluding carboxylic acids is 1. The second kappa shape index (κ2) is 9.56. The van der Waals surface area contributed by atoms with Gasteiger partial charge in [0.25, 0.3) is 5.22 Å². The third kappa shape index (κ3) is 6.34. The minimum atomic E-state index is -2.92. The first-order chi connectivity index (χ1) is 13.4. The van der Waals surface area contributed by atoms with Crippen LogP contribution >= 0.6 is 11.8 Å². The normalized spacial score (nSPS) is 18.2. The summed E-state index contributed by atoms with van der Waals surface area (Å²) in [6.45, 7) is 2.16. The average Bonchev–Trinajstić information content (AvgIpc) is 3.25. The lowest BCUT2D eigenvalue weighted by Crippen LogP contribution is -2.13. The van der Waals surface area contributed by atoms with E-state index >= 15 is 0 Å². The average molecular weight is 424 g/mol. The molecule has 7 nitrogen and oxygen atoms in total. The van der Waals surface area contributed by atoms with Crippen LogP contribution in [0.15, 0.2) is 33.9 Å². The molecule has 0 radical (unpaired) electrons. The number of sulfone groups is 1. The summed E-state index contributed by atoms with van der Waals surface area (Å²) < 4.78 is 28.6. The Bertz CT molecular complexity index is 894. The van der Waals surface area contributed by atoms with Gasteiger partial charge in [-0.3, -0.25) is 4.79 Å². The van der Waals surface area contributed by atoms with Crippen LogP contribution in [0.4, 0.5) is 5.69 Å². The predicted octanol–water partition coefficient (Wildman–Crippen LogP) is 3.12. The maximum atomic E-state index is 12.1. The molecule has 152 valence electrons. The predicted molar refractivity (Wildman–Crippen MR) is 109 cm³/mol. The van der Waals surface area contributed by atoms with Gasteiger partial charge in [0, 0.05) is 12.1 Å². The SMILES string of the molecule is CCCCc1ccc(NC(=O)CSc2nnc(C[C@H]3CCS(=O)(=O)C3)o2)cc1. The number of nitrogens with zero attached hydrogens (tertiary/aromatic N) is 2. The van der Waals surface area contributed by atoms with Gasteiger partial charge in [-0.15, -0.1) is 10.2 Å². The molecule has 1 amide bonds. The summed E-state index contributed by atoms with van der Waals surface area (Å²) in [6.07, 6.45) is 4.46. The monoisotopic (exact) mass is 423 g/mol. The van der Waals surface area contributed by atoms with E-state index in [1.807, 2.05) is 24.3 Å². The Kier molecular flexibility index (Phi) is 7.12. The molecule has 1 atom stereocenters. The molecule has 0 bridgehead atoms. The number of unbranched alkanes of at least 4 members (excludes halogenated alkanes) is 1. The zero-order valence-corrected chi connectivity index (χ0v) is 17.5. The van der Waals surface area contributed by atoms with E-state index < -0.39 is 9.84 Å². The van der Waals surface area contributed by atoms with Crippen molar-refractivity contribution in [3.05, 3.63) is 35.7 Å². The van der Waals surface area contributed by atoms with E-state index in [9.17, 15) is 13.2 Å². The van der Waals surface area contributed by atoms with E-state index in [0.29, 0.717) is 24.0 Å². The van der Waals surface area contributed by atoms with Crippen LogP contribution in [0.2, 0.25) is 0 Å². The molecular formula is C19H25N3O4S2. The van der Waals surface area contributed by atoms with Crippen molar-refractivity contribution in [2.24, 2.45) is 5.92 Å². The molecule has 0 spiro atoms. The van der Waals surface area contributed by atoms with Gasteiger partial charge in [0.2, 0.25) is 11.8 Å². The Balaban J connectivity index is 1.43. The van der Waals surface area contributed by atoms with Crippen LogP contribution in [-0.2, 0) is 27.5 Å². The number of hydrogen-bond donors (Lipinski definition) is 1. The van der Waals surface area contributed by atoms with Gasteiger partial charge < -0.3 is 9.73 Å². The first-order valence-corrected chi connectivity index (χ1v) is 12.3. The van der Waals surface area contributed by atoms with Crippen molar-refractivity contribution in [1.82, 2.24) is 10.2 Å². The summed E-state index contributed by atoms with van der Waals surface area (Å²) in [5.74, 6) is 0.884. The van der Waals surface area contributed by atoms with Crippen molar-refractivity contribution >= 4 is 33.2 Å². The summed E-state index contributed by atoms with van der Waals surface area (Å²) in [4.78, 5) is 12.1. The maximum absolute atomic E-state index is 12.1. The number of benzene rings is 1. The molecule has 2 heterocycles. The van der Waals surface area contributed by atoms with Crippen LogP contribution in [0.1, 0.15) is 37.6 Å². The Morgan fingerprint density at radius 2 is 2.07 bits per heavy atom. The van der Waals surface area contributed by atoms with Gasteiger partial charge in [0.15, 0.2) is 9.84 Å². The lowest BCUT2D eigenvalue weighted by Gasteiger charge is -2.05. The van der Waals surface area contributed by atoms with Gasteiger partial charge >= 0.3 is 0 Å². The highest BCUT2D eigenvalue weighted by Crippen LogP contribution is 2.24. The van der Waals surface area contributed by atoms with Gasteiger partial charge in [-0.25, -0.2) is 8.42 Å². The van der Waals surface area contributed by atoms with Crippen molar-refractivity contribution in [3.63, 3.8) is 0 Å². The highest BCUT2D eigenvalue weighted by Gasteiger charge is 2.29. The third-order valence-electron chi connectivity index (χ3n) is 4.62. The number of amides is 1. The minimum absolute atomic E-state index is 0.0342. The second-order valence-electron chi connectivity index (χ2n) is 7.07. The molecule has 0 aliphatic carbocycles. The van der Waals surface area contributed by atoms with Crippen LogP contribution in [-0.4, -0.2) is 41.8 Å². The minimum Gasteiger partial charge on any atom is -0.416 e. The standard InChI is InChI=1S/C19H25N3O4S2/c1-2-3-4-14-5-7-16(8-6-14)20-17(23)12-27-19-22-21-18(26-19)11-15-9-10-28(24,25)13-15/h5-8,15H,2-4,9-13H2,1H3,(H,20,23)/t15-/m1/s1. The summed E-state index contributed by atoms with van der Waals surface area (Å²) in [6, 6.07) is 7.89. The van der Waals surface area contributed by atoms with Crippen molar-refractivity contribution in [3.8, 4) is 0 Å². The number of carbonyl (C=O) groups is 1. The molecule has 3 rings (SSSR count). The zero-order chi connectivity index (χ0) is 20.0. The Morgan fingerprint density at radius 3 is 2.75 bits per heavy atom. The van der Waals surface area contributed by atoms with Crippen molar-refractivity contribution in [2.45, 2.75) is 44.3 Å². The maximum Gasteiger partial charge on any atom is 0.277 e. The molecule has 1 saturated heterocycles. The van der Waals surface area contributed by atoms with E-state index in [-0.39, 0.29) is 29.1 Å². The number of anilines is 1. The van der Waals surface area contributed by atoms with E-state index in [4.69, 9.17) is 4.42 Å². The number of thioether (sulfide) groups is 1. The van der Waals surface area contributed by atoms with Crippen molar-refractivity contribution in [2.75, 3.05) is 22.6 Å². The highest BCUT2D eigenvalue weighted by molar-refractivity contribution is 7.99. The summed E-state index contributed by atoms with van der Waals surface area (Å²) in [7, 11) is -2.92. The lowest BCUT2D eigenvalue weighted by molar-refractivity contribution is -0.113. The van der Waals surface area contributed by atoms with Crippen LogP contribution in [0.5, 0.6) is 0 Å². The van der Waals surface area contributed by atoms with Crippen LogP contribution in [0.25, 0.3) is 0 Å². The quantitative estimate of drug-likeness (QED) is 0.618. The number of rotatable bonds is 9. The molecule has 1 aromatic carbocycles. The van der Waals surface area contributed by atoms with Crippen molar-refractivity contribution in [1.29, 1.82) is 0 Å². The van der Waals surface area contributed by atoms with Gasteiger partial charge in [0.1, 0.15) is 0 Å². The van der Waals surface area contributed by atoms with E-state index in [2.05, 4.69) is 22.4 Å². The fourth-order valence-corrected chi connectivity index (χ4v) is 5.56. The molecule has 0 saturated carbocycles. The molecule has 1 aliphatic heterocycles. The Labute approximate surface area is 169 Å². The highest BCUT2D eigenvalue weighted by atomic mass is 32.2. The smallest absolute Gasteiger partial charge is 0.277 e. The largest absolute Gasteiger partial charge is 0.416 e. The molecule has 1 fully saturated rings. The number of aryl methyl sites for hydroxylation is 1. The summed E-state index contributed by atoms with van der Waals surface area (Å²) >= 11 is 1.17. The molecule has 0 unspecified atom stereocenters. The number of aromatic nitrogens is 2. The first kappa shape index (κ1) is 20.9. The van der Waals surface area contributed by atoms with Gasteiger partial charge in [-0.2, -0.15) is 0 Å². The second-order valence-corrected chi connectivity index (χ2v) is 10.2. The third-order valence-corrected chi connectivity index (χ3v) is 7.28. The fourth-order valence-electron chi connectivity index (χ4n) is 3.12. The number of nitrogens with one attached hydrogen (secondary N) is 1.